The maximum absolute atomic E-state index is 4.44. The van der Waals surface area contributed by atoms with Gasteiger partial charge < -0.3 is 5.32 Å². The van der Waals surface area contributed by atoms with Crippen LogP contribution in [0.2, 0.25) is 0 Å². The van der Waals surface area contributed by atoms with Crippen molar-refractivity contribution < 1.29 is 0 Å². The molecule has 1 fully saturated rings. The molecule has 2 aliphatic rings. The van der Waals surface area contributed by atoms with Gasteiger partial charge in [-0.25, -0.2) is 0 Å². The van der Waals surface area contributed by atoms with Crippen LogP contribution in [0.3, 0.4) is 0 Å². The van der Waals surface area contributed by atoms with E-state index in [0.717, 1.165) is 5.92 Å². The molecular weight excluding hydrogens is 160 g/mol. The maximum Gasteiger partial charge on any atom is 0.0451 e. The van der Waals surface area contributed by atoms with Gasteiger partial charge in [-0.05, 0) is 43.4 Å². The molecule has 0 unspecified atom stereocenters. The van der Waals surface area contributed by atoms with E-state index in [1.54, 1.807) is 0 Å². The second-order valence-corrected chi connectivity index (χ2v) is 4.06. The average molecular weight is 174 g/mol. The molecule has 1 N–H and O–H groups in total. The Morgan fingerprint density at radius 1 is 1.38 bits per heavy atom. The summed E-state index contributed by atoms with van der Waals surface area (Å²) in [5, 5.41) is 3.57. The lowest BCUT2D eigenvalue weighted by Gasteiger charge is -2.26. The van der Waals surface area contributed by atoms with Crippen molar-refractivity contribution >= 4 is 0 Å². The number of aryl methyl sites for hydroxylation is 1. The van der Waals surface area contributed by atoms with E-state index in [9.17, 15) is 0 Å². The van der Waals surface area contributed by atoms with Gasteiger partial charge >= 0.3 is 0 Å². The Balaban J connectivity index is 2.06. The van der Waals surface area contributed by atoms with Crippen LogP contribution in [0, 0.1) is 5.92 Å². The fourth-order valence-electron chi connectivity index (χ4n) is 2.70. The molecule has 1 saturated heterocycles. The highest BCUT2D eigenvalue weighted by Gasteiger charge is 2.33. The molecule has 1 aromatic rings. The smallest absolute Gasteiger partial charge is 0.0451 e. The number of nitrogens with one attached hydrogen (secondary N) is 1. The zero-order valence-corrected chi connectivity index (χ0v) is 7.66. The number of hydrogen-bond acceptors (Lipinski definition) is 2. The Morgan fingerprint density at radius 3 is 3.38 bits per heavy atom. The SMILES string of the molecule is c1cnc2c(c1)[C@H]1NCC[C@@H]1CC2. The van der Waals surface area contributed by atoms with Gasteiger partial charge in [-0.15, -0.1) is 0 Å². The summed E-state index contributed by atoms with van der Waals surface area (Å²) in [5.41, 5.74) is 2.77. The molecule has 1 aromatic heterocycles. The third-order valence-corrected chi connectivity index (χ3v) is 3.36. The molecule has 3 rings (SSSR count). The van der Waals surface area contributed by atoms with E-state index in [-0.39, 0.29) is 0 Å². The fourth-order valence-corrected chi connectivity index (χ4v) is 2.70. The summed E-state index contributed by atoms with van der Waals surface area (Å²) in [7, 11) is 0. The molecule has 2 atom stereocenters. The van der Waals surface area contributed by atoms with Crippen molar-refractivity contribution in [1.29, 1.82) is 0 Å². The first-order valence-corrected chi connectivity index (χ1v) is 5.12. The summed E-state index contributed by atoms with van der Waals surface area (Å²) in [4.78, 5) is 4.44. The van der Waals surface area contributed by atoms with Crippen molar-refractivity contribution in [3.8, 4) is 0 Å². The minimum Gasteiger partial charge on any atom is -0.310 e. The van der Waals surface area contributed by atoms with Gasteiger partial charge in [0.2, 0.25) is 0 Å². The van der Waals surface area contributed by atoms with Gasteiger partial charge in [0.05, 0.1) is 0 Å². The number of rotatable bonds is 0. The molecule has 0 radical (unpaired) electrons. The Labute approximate surface area is 78.4 Å². The van der Waals surface area contributed by atoms with Crippen LogP contribution in [0.4, 0.5) is 0 Å². The van der Waals surface area contributed by atoms with E-state index in [2.05, 4.69) is 22.4 Å². The molecule has 0 amide bonds. The molecule has 2 heteroatoms. The third-order valence-electron chi connectivity index (χ3n) is 3.36. The van der Waals surface area contributed by atoms with Crippen LogP contribution >= 0.6 is 0 Å². The number of nitrogens with zero attached hydrogens (tertiary/aromatic N) is 1. The summed E-state index contributed by atoms with van der Waals surface area (Å²) in [6, 6.07) is 4.90. The second kappa shape index (κ2) is 2.81. The predicted octanol–water partition coefficient (Wildman–Crippen LogP) is 1.68. The number of aromatic nitrogens is 1. The minimum atomic E-state index is 0.609. The van der Waals surface area contributed by atoms with Gasteiger partial charge in [-0.3, -0.25) is 4.98 Å². The van der Waals surface area contributed by atoms with Gasteiger partial charge in [-0.1, -0.05) is 6.07 Å². The normalized spacial score (nSPS) is 31.1. The molecule has 0 bridgehead atoms. The van der Waals surface area contributed by atoms with Crippen molar-refractivity contribution in [2.24, 2.45) is 5.92 Å². The maximum atomic E-state index is 4.44. The standard InChI is InChI=1S/C11H14N2/c1-2-9-10(12-6-1)4-3-8-5-7-13-11(8)9/h1-2,6,8,11,13H,3-5,7H2/t8-,11-/m0/s1. The van der Waals surface area contributed by atoms with Crippen LogP contribution in [0.1, 0.15) is 30.1 Å². The summed E-state index contributed by atoms with van der Waals surface area (Å²) < 4.78 is 0. The lowest BCUT2D eigenvalue weighted by Crippen LogP contribution is -2.24. The van der Waals surface area contributed by atoms with Gasteiger partial charge in [0.15, 0.2) is 0 Å². The lowest BCUT2D eigenvalue weighted by molar-refractivity contribution is 0.400. The van der Waals surface area contributed by atoms with Gasteiger partial charge in [0, 0.05) is 17.9 Å². The van der Waals surface area contributed by atoms with Crippen LogP contribution in [0.5, 0.6) is 0 Å². The molecule has 2 heterocycles. The highest BCUT2D eigenvalue weighted by molar-refractivity contribution is 5.28. The van der Waals surface area contributed by atoms with Crippen LogP contribution in [0.25, 0.3) is 0 Å². The Kier molecular flexibility index (Phi) is 1.62. The number of fused-ring (bicyclic) bond motifs is 3. The monoisotopic (exact) mass is 174 g/mol. The predicted molar refractivity (Wildman–Crippen MR) is 51.4 cm³/mol. The Morgan fingerprint density at radius 2 is 2.38 bits per heavy atom. The van der Waals surface area contributed by atoms with Gasteiger partial charge in [-0.2, -0.15) is 0 Å². The highest BCUT2D eigenvalue weighted by Crippen LogP contribution is 2.38. The summed E-state index contributed by atoms with van der Waals surface area (Å²) >= 11 is 0. The number of pyridine rings is 1. The zero-order chi connectivity index (χ0) is 8.67. The van der Waals surface area contributed by atoms with Crippen molar-refractivity contribution in [3.05, 3.63) is 29.6 Å². The van der Waals surface area contributed by atoms with Crippen molar-refractivity contribution in [2.45, 2.75) is 25.3 Å². The molecule has 2 nitrogen and oxygen atoms in total. The lowest BCUT2D eigenvalue weighted by atomic mass is 9.83. The molecule has 1 aliphatic heterocycles. The van der Waals surface area contributed by atoms with E-state index in [1.165, 1.54) is 37.1 Å². The topological polar surface area (TPSA) is 24.9 Å². The van der Waals surface area contributed by atoms with Crippen LogP contribution in [-0.4, -0.2) is 11.5 Å². The molecule has 0 spiro atoms. The number of hydrogen-bond donors (Lipinski definition) is 1. The largest absolute Gasteiger partial charge is 0.310 e. The first-order valence-electron chi connectivity index (χ1n) is 5.12. The van der Waals surface area contributed by atoms with E-state index in [1.807, 2.05) is 6.20 Å². The average Bonchev–Trinajstić information content (AvgIpc) is 2.65. The fraction of sp³-hybridized carbons (Fsp3) is 0.545. The third kappa shape index (κ3) is 1.09. The van der Waals surface area contributed by atoms with E-state index in [0.29, 0.717) is 6.04 Å². The Hall–Kier alpha value is -0.890. The molecular formula is C11H14N2. The zero-order valence-electron chi connectivity index (χ0n) is 7.66. The molecule has 0 aromatic carbocycles. The van der Waals surface area contributed by atoms with Crippen molar-refractivity contribution in [2.75, 3.05) is 6.54 Å². The quantitative estimate of drug-likeness (QED) is 0.647. The summed E-state index contributed by atoms with van der Waals surface area (Å²) in [6.07, 6.45) is 5.76. The van der Waals surface area contributed by atoms with Crippen molar-refractivity contribution in [1.82, 2.24) is 10.3 Å². The van der Waals surface area contributed by atoms with Gasteiger partial charge in [0.1, 0.15) is 0 Å². The molecule has 0 saturated carbocycles. The van der Waals surface area contributed by atoms with Gasteiger partial charge in [0.25, 0.3) is 0 Å². The summed E-state index contributed by atoms with van der Waals surface area (Å²) in [5.74, 6) is 0.872. The summed E-state index contributed by atoms with van der Waals surface area (Å²) in [6.45, 7) is 1.18. The highest BCUT2D eigenvalue weighted by atomic mass is 15.0. The van der Waals surface area contributed by atoms with Crippen molar-refractivity contribution in [3.63, 3.8) is 0 Å². The minimum absolute atomic E-state index is 0.609. The molecule has 13 heavy (non-hydrogen) atoms. The Bertz CT molecular complexity index is 322. The van der Waals surface area contributed by atoms with E-state index < -0.39 is 0 Å². The van der Waals surface area contributed by atoms with Crippen LogP contribution in [-0.2, 0) is 6.42 Å². The first-order chi connectivity index (χ1) is 6.45. The van der Waals surface area contributed by atoms with Crippen LogP contribution < -0.4 is 5.32 Å². The van der Waals surface area contributed by atoms with E-state index in [4.69, 9.17) is 0 Å². The second-order valence-electron chi connectivity index (χ2n) is 4.06. The van der Waals surface area contributed by atoms with Crippen LogP contribution in [0.15, 0.2) is 18.3 Å². The molecule has 68 valence electrons. The molecule has 1 aliphatic carbocycles. The first kappa shape index (κ1) is 7.51. The van der Waals surface area contributed by atoms with E-state index >= 15 is 0 Å².